The zero-order valence-electron chi connectivity index (χ0n) is 17.6. The minimum atomic E-state index is -1.26. The van der Waals surface area contributed by atoms with Crippen molar-refractivity contribution in [2.75, 3.05) is 0 Å². The summed E-state index contributed by atoms with van der Waals surface area (Å²) in [6, 6.07) is 19.3. The maximum Gasteiger partial charge on any atom is -0.870 e. The summed E-state index contributed by atoms with van der Waals surface area (Å²) in [6.07, 6.45) is 0.121. The van der Waals surface area contributed by atoms with E-state index in [1.807, 2.05) is 60.7 Å². The van der Waals surface area contributed by atoms with Crippen molar-refractivity contribution in [3.8, 4) is 22.3 Å². The van der Waals surface area contributed by atoms with Crippen LogP contribution in [0.1, 0.15) is 9.75 Å². The van der Waals surface area contributed by atoms with Gasteiger partial charge in [-0.05, 0) is 0 Å². The van der Waals surface area contributed by atoms with Gasteiger partial charge in [-0.3, -0.25) is 0 Å². The largest absolute Gasteiger partial charge is 0.870 e. The van der Waals surface area contributed by atoms with Crippen LogP contribution in [0.25, 0.3) is 22.3 Å². The van der Waals surface area contributed by atoms with E-state index < -0.39 is 27.8 Å². The maximum atomic E-state index is 12.3. The average molecular weight is 547 g/mol. The van der Waals surface area contributed by atoms with Crippen LogP contribution in [-0.4, -0.2) is 33.3 Å². The first kappa shape index (κ1) is 26.5. The third-order valence-electron chi connectivity index (χ3n) is 4.74. The monoisotopic (exact) mass is 546 g/mol. The van der Waals surface area contributed by atoms with E-state index in [4.69, 9.17) is 30.8 Å². The Hall–Kier alpha value is -2.15. The van der Waals surface area contributed by atoms with Crippen LogP contribution in [-0.2, 0) is 30.0 Å². The number of hydrogen-bond acceptors (Lipinski definition) is 7. The van der Waals surface area contributed by atoms with E-state index in [2.05, 4.69) is 0 Å². The molecular formula is C24H17AlCl2O5S2. The Morgan fingerprint density at radius 2 is 1.09 bits per heavy atom. The van der Waals surface area contributed by atoms with Gasteiger partial charge >= 0.3 is 217 Å². The fraction of sp³-hybridized carbons (Fsp3) is 0.0833. The van der Waals surface area contributed by atoms with Crippen molar-refractivity contribution < 1.29 is 22.6 Å². The summed E-state index contributed by atoms with van der Waals surface area (Å²) in [6.45, 7) is 0. The van der Waals surface area contributed by atoms with Crippen molar-refractivity contribution in [3.05, 3.63) is 91.2 Å². The minimum absolute atomic E-state index is 0. The van der Waals surface area contributed by atoms with Crippen molar-refractivity contribution >= 4 is 73.7 Å². The van der Waals surface area contributed by atoms with Crippen molar-refractivity contribution in [2.45, 2.75) is 12.8 Å². The van der Waals surface area contributed by atoms with E-state index in [0.29, 0.717) is 10.0 Å². The molecule has 0 radical (unpaired) electrons. The van der Waals surface area contributed by atoms with Gasteiger partial charge in [-0.2, -0.15) is 0 Å². The Balaban J connectivity index is 0.00000324. The molecule has 5 nitrogen and oxygen atoms in total. The molecule has 0 unspecified atom stereocenters. The van der Waals surface area contributed by atoms with Gasteiger partial charge in [-0.25, -0.2) is 0 Å². The summed E-state index contributed by atoms with van der Waals surface area (Å²) < 4.78 is 10.4. The predicted molar refractivity (Wildman–Crippen MR) is 137 cm³/mol. The van der Waals surface area contributed by atoms with Gasteiger partial charge in [0, 0.05) is 0 Å². The van der Waals surface area contributed by atoms with Crippen LogP contribution in [0, 0.1) is 0 Å². The Bertz CT molecular complexity index is 1160. The van der Waals surface area contributed by atoms with Gasteiger partial charge in [0.2, 0.25) is 0 Å². The molecule has 10 heteroatoms. The van der Waals surface area contributed by atoms with Crippen LogP contribution in [0.4, 0.5) is 0 Å². The third-order valence-corrected chi connectivity index (χ3v) is 8.28. The zero-order valence-corrected chi connectivity index (χ0v) is 21.9. The van der Waals surface area contributed by atoms with Crippen LogP contribution < -0.4 is 0 Å². The topological polar surface area (TPSA) is 82.6 Å². The van der Waals surface area contributed by atoms with E-state index in [1.54, 1.807) is 10.8 Å². The Morgan fingerprint density at radius 1 is 0.706 bits per heavy atom. The first-order valence-corrected chi connectivity index (χ1v) is 13.3. The standard InChI is InChI=1S/2C12H9ClO2S.Al.H2O/c2*13-9-7-16-10(6-11(14)15)12(9)8-4-2-1-3-5-8;;/h2*1-5,7H,6H2,(H,14,15);;1H2/q;;+3;/p-3. The molecule has 0 aliphatic carbocycles. The third kappa shape index (κ3) is 6.50. The Labute approximate surface area is 221 Å². The number of carbonyl (C=O) groups is 2. The second-order valence-corrected chi connectivity index (χ2v) is 10.3. The smallest absolute Gasteiger partial charge is 0.870 e. The van der Waals surface area contributed by atoms with Crippen molar-refractivity contribution in [1.82, 2.24) is 0 Å². The molecule has 0 aliphatic heterocycles. The molecule has 2 heterocycles. The van der Waals surface area contributed by atoms with E-state index >= 15 is 0 Å². The van der Waals surface area contributed by atoms with Crippen molar-refractivity contribution in [1.29, 1.82) is 0 Å². The maximum absolute atomic E-state index is 12.3. The van der Waals surface area contributed by atoms with Gasteiger partial charge < -0.3 is 5.48 Å². The molecule has 0 amide bonds. The number of hydrogen-bond donors (Lipinski definition) is 0. The summed E-state index contributed by atoms with van der Waals surface area (Å²) in [5.74, 6) is -0.921. The normalized spacial score (nSPS) is 10.2. The SMILES string of the molecule is O=C(Cc1scc(Cl)c1-c1ccccc1)[O][Al+][O]C(=O)Cc1scc(Cl)c1-c1ccccc1.[OH-]. The summed E-state index contributed by atoms with van der Waals surface area (Å²) >= 11 is 14.2. The van der Waals surface area contributed by atoms with Crippen LogP contribution in [0.15, 0.2) is 71.4 Å². The number of benzene rings is 2. The first-order valence-electron chi connectivity index (χ1n) is 9.86. The van der Waals surface area contributed by atoms with Crippen LogP contribution in [0.2, 0.25) is 10.0 Å². The average Bonchev–Trinajstić information content (AvgIpc) is 3.36. The first-order chi connectivity index (χ1) is 16.0. The second-order valence-electron chi connectivity index (χ2n) is 6.93. The molecule has 0 spiro atoms. The molecule has 0 fully saturated rings. The summed E-state index contributed by atoms with van der Waals surface area (Å²) in [5, 5.41) is 4.79. The second kappa shape index (κ2) is 12.5. The molecule has 0 saturated carbocycles. The summed E-state index contributed by atoms with van der Waals surface area (Å²) in [7, 11) is 0. The molecule has 2 aromatic heterocycles. The van der Waals surface area contributed by atoms with Crippen molar-refractivity contribution in [3.63, 3.8) is 0 Å². The summed E-state index contributed by atoms with van der Waals surface area (Å²) in [4.78, 5) is 26.3. The molecule has 0 atom stereocenters. The molecular weight excluding hydrogens is 530 g/mol. The Morgan fingerprint density at radius 3 is 1.47 bits per heavy atom. The van der Waals surface area contributed by atoms with E-state index in [9.17, 15) is 9.59 Å². The molecule has 4 aromatic rings. The van der Waals surface area contributed by atoms with Gasteiger partial charge in [0.15, 0.2) is 0 Å². The number of carbonyl (C=O) groups excluding carboxylic acids is 2. The Kier molecular flexibility index (Phi) is 9.75. The molecule has 2 aromatic carbocycles. The number of halogens is 2. The van der Waals surface area contributed by atoms with Gasteiger partial charge in [0.25, 0.3) is 0 Å². The molecule has 1 N–H and O–H groups in total. The molecule has 4 rings (SSSR count). The van der Waals surface area contributed by atoms with Crippen molar-refractivity contribution in [2.24, 2.45) is 0 Å². The molecule has 0 aliphatic rings. The molecule has 0 bridgehead atoms. The quantitative estimate of drug-likeness (QED) is 0.230. The molecule has 172 valence electrons. The molecule has 0 saturated heterocycles. The van der Waals surface area contributed by atoms with Crippen LogP contribution in [0.3, 0.4) is 0 Å². The van der Waals surface area contributed by atoms with Gasteiger partial charge in [-0.15, -0.1) is 0 Å². The van der Waals surface area contributed by atoms with Gasteiger partial charge in [0.1, 0.15) is 0 Å². The summed E-state index contributed by atoms with van der Waals surface area (Å²) in [5.41, 5.74) is 3.53. The van der Waals surface area contributed by atoms with E-state index in [0.717, 1.165) is 32.0 Å². The predicted octanol–water partition coefficient (Wildman–Crippen LogP) is 6.68. The van der Waals surface area contributed by atoms with E-state index in [-0.39, 0.29) is 18.3 Å². The van der Waals surface area contributed by atoms with Crippen LogP contribution in [0.5, 0.6) is 0 Å². The minimum Gasteiger partial charge on any atom is -0.870 e. The zero-order chi connectivity index (χ0) is 23.2. The number of rotatable bonds is 8. The van der Waals surface area contributed by atoms with Gasteiger partial charge in [0.05, 0.1) is 0 Å². The van der Waals surface area contributed by atoms with E-state index in [1.165, 1.54) is 22.7 Å². The number of thiophene rings is 2. The van der Waals surface area contributed by atoms with Crippen LogP contribution >= 0.6 is 45.9 Å². The fourth-order valence-corrected chi connectivity index (χ4v) is 6.37. The van der Waals surface area contributed by atoms with Gasteiger partial charge in [-0.1, -0.05) is 0 Å². The fourth-order valence-electron chi connectivity index (χ4n) is 3.29. The molecule has 34 heavy (non-hydrogen) atoms.